The molecule has 0 N–H and O–H groups in total. The number of hydroxylamine groups is 2. The minimum absolute atomic E-state index is 0.112. The fourth-order valence-corrected chi connectivity index (χ4v) is 2.26. The van der Waals surface area contributed by atoms with Crippen LogP contribution < -0.4 is 0 Å². The van der Waals surface area contributed by atoms with E-state index in [0.717, 1.165) is 12.2 Å². The van der Waals surface area contributed by atoms with Crippen molar-refractivity contribution in [1.82, 2.24) is 5.06 Å². The lowest BCUT2D eigenvalue weighted by Gasteiger charge is -2.33. The van der Waals surface area contributed by atoms with Crippen LogP contribution in [0, 0.1) is 0 Å². The van der Waals surface area contributed by atoms with Gasteiger partial charge in [0.1, 0.15) is 0 Å². The van der Waals surface area contributed by atoms with E-state index >= 15 is 0 Å². The summed E-state index contributed by atoms with van der Waals surface area (Å²) < 4.78 is 0. The van der Waals surface area contributed by atoms with Gasteiger partial charge in [0.05, 0.1) is 17.9 Å². The SMILES string of the molecule is CCSC1CCON(C(C)C)C1=O. The highest BCUT2D eigenvalue weighted by atomic mass is 32.2. The van der Waals surface area contributed by atoms with Gasteiger partial charge in [-0.3, -0.25) is 9.63 Å². The summed E-state index contributed by atoms with van der Waals surface area (Å²) in [5.41, 5.74) is 0. The van der Waals surface area contributed by atoms with Gasteiger partial charge in [0.15, 0.2) is 0 Å². The Morgan fingerprint density at radius 2 is 2.38 bits per heavy atom. The van der Waals surface area contributed by atoms with Gasteiger partial charge >= 0.3 is 0 Å². The molecule has 0 spiro atoms. The molecule has 0 aromatic carbocycles. The zero-order valence-corrected chi connectivity index (χ0v) is 9.26. The largest absolute Gasteiger partial charge is 0.271 e. The van der Waals surface area contributed by atoms with E-state index < -0.39 is 0 Å². The summed E-state index contributed by atoms with van der Waals surface area (Å²) in [7, 11) is 0. The van der Waals surface area contributed by atoms with Gasteiger partial charge in [0.2, 0.25) is 0 Å². The fraction of sp³-hybridized carbons (Fsp3) is 0.889. The predicted molar refractivity (Wildman–Crippen MR) is 54.5 cm³/mol. The zero-order chi connectivity index (χ0) is 9.84. The standard InChI is InChI=1S/C9H17NO2S/c1-4-13-8-5-6-12-10(7(2)3)9(8)11/h7-8H,4-6H2,1-3H3. The molecule has 0 aromatic rings. The average Bonchev–Trinajstić information content (AvgIpc) is 2.08. The molecule has 0 aliphatic carbocycles. The molecule has 1 aliphatic rings. The van der Waals surface area contributed by atoms with Crippen LogP contribution in [0.15, 0.2) is 0 Å². The van der Waals surface area contributed by atoms with E-state index in [4.69, 9.17) is 4.84 Å². The van der Waals surface area contributed by atoms with E-state index in [1.54, 1.807) is 11.8 Å². The lowest BCUT2D eigenvalue weighted by molar-refractivity contribution is -0.207. The second-order valence-electron chi connectivity index (χ2n) is 3.32. The molecule has 4 heteroatoms. The maximum atomic E-state index is 11.7. The van der Waals surface area contributed by atoms with Crippen molar-refractivity contribution in [2.45, 2.75) is 38.5 Å². The van der Waals surface area contributed by atoms with Gasteiger partial charge in [-0.15, -0.1) is 11.8 Å². The van der Waals surface area contributed by atoms with Gasteiger partial charge in [0.25, 0.3) is 5.91 Å². The summed E-state index contributed by atoms with van der Waals surface area (Å²) in [5.74, 6) is 1.12. The van der Waals surface area contributed by atoms with Gasteiger partial charge in [-0.05, 0) is 26.0 Å². The lowest BCUT2D eigenvalue weighted by atomic mass is 10.2. The zero-order valence-electron chi connectivity index (χ0n) is 8.45. The first kappa shape index (κ1) is 10.9. The topological polar surface area (TPSA) is 29.5 Å². The number of carbonyl (C=O) groups excluding carboxylic acids is 1. The summed E-state index contributed by atoms with van der Waals surface area (Å²) in [4.78, 5) is 17.0. The van der Waals surface area contributed by atoms with Crippen molar-refractivity contribution in [3.05, 3.63) is 0 Å². The Bertz CT molecular complexity index is 182. The van der Waals surface area contributed by atoms with E-state index in [1.807, 2.05) is 13.8 Å². The number of hydrogen-bond donors (Lipinski definition) is 0. The van der Waals surface area contributed by atoms with Gasteiger partial charge in [-0.2, -0.15) is 0 Å². The van der Waals surface area contributed by atoms with E-state index in [0.29, 0.717) is 6.61 Å². The van der Waals surface area contributed by atoms with Crippen molar-refractivity contribution in [3.8, 4) is 0 Å². The quantitative estimate of drug-likeness (QED) is 0.699. The van der Waals surface area contributed by atoms with E-state index in [-0.39, 0.29) is 17.2 Å². The van der Waals surface area contributed by atoms with Crippen LogP contribution in [0.25, 0.3) is 0 Å². The Kier molecular flexibility index (Phi) is 4.06. The first-order chi connectivity index (χ1) is 6.16. The van der Waals surface area contributed by atoms with Crippen LogP contribution in [0.1, 0.15) is 27.2 Å². The van der Waals surface area contributed by atoms with Crippen LogP contribution >= 0.6 is 11.8 Å². The smallest absolute Gasteiger partial charge is 0.259 e. The number of rotatable bonds is 3. The molecule has 3 nitrogen and oxygen atoms in total. The summed E-state index contributed by atoms with van der Waals surface area (Å²) in [6, 6.07) is 0.146. The van der Waals surface area contributed by atoms with Gasteiger partial charge < -0.3 is 0 Å². The van der Waals surface area contributed by atoms with E-state index in [2.05, 4.69) is 6.92 Å². The number of hydrogen-bond acceptors (Lipinski definition) is 3. The maximum Gasteiger partial charge on any atom is 0.259 e. The van der Waals surface area contributed by atoms with Gasteiger partial charge in [0, 0.05) is 0 Å². The minimum Gasteiger partial charge on any atom is -0.271 e. The average molecular weight is 203 g/mol. The van der Waals surface area contributed by atoms with Crippen molar-refractivity contribution in [1.29, 1.82) is 0 Å². The van der Waals surface area contributed by atoms with E-state index in [1.165, 1.54) is 5.06 Å². The third kappa shape index (κ3) is 2.61. The van der Waals surface area contributed by atoms with Crippen LogP contribution in [0.4, 0.5) is 0 Å². The van der Waals surface area contributed by atoms with E-state index in [9.17, 15) is 4.79 Å². The lowest BCUT2D eigenvalue weighted by Crippen LogP contribution is -2.46. The normalized spacial score (nSPS) is 24.2. The Morgan fingerprint density at radius 1 is 1.69 bits per heavy atom. The Labute approximate surface area is 83.8 Å². The first-order valence-corrected chi connectivity index (χ1v) is 5.79. The van der Waals surface area contributed by atoms with Crippen LogP contribution in [-0.4, -0.2) is 34.6 Å². The molecule has 13 heavy (non-hydrogen) atoms. The highest BCUT2D eigenvalue weighted by Gasteiger charge is 2.31. The Balaban J connectivity index is 2.55. The van der Waals surface area contributed by atoms with Crippen LogP contribution in [0.2, 0.25) is 0 Å². The molecule has 1 aliphatic heterocycles. The highest BCUT2D eigenvalue weighted by molar-refractivity contribution is 8.00. The van der Waals surface area contributed by atoms with Crippen molar-refractivity contribution in [3.63, 3.8) is 0 Å². The number of amides is 1. The molecule has 1 atom stereocenters. The summed E-state index contributed by atoms with van der Waals surface area (Å²) >= 11 is 1.71. The molecule has 1 rings (SSSR count). The second kappa shape index (κ2) is 4.86. The first-order valence-electron chi connectivity index (χ1n) is 4.74. The summed E-state index contributed by atoms with van der Waals surface area (Å²) in [6.07, 6.45) is 0.848. The monoisotopic (exact) mass is 203 g/mol. The van der Waals surface area contributed by atoms with Gasteiger partial charge in [-0.25, -0.2) is 5.06 Å². The Hall–Kier alpha value is -0.220. The summed E-state index contributed by atoms with van der Waals surface area (Å²) in [5, 5.41) is 1.62. The molecule has 1 saturated heterocycles. The highest BCUT2D eigenvalue weighted by Crippen LogP contribution is 2.22. The molecule has 0 saturated carbocycles. The van der Waals surface area contributed by atoms with Crippen molar-refractivity contribution in [2.24, 2.45) is 0 Å². The third-order valence-corrected chi connectivity index (χ3v) is 3.11. The Morgan fingerprint density at radius 3 is 2.92 bits per heavy atom. The molecule has 1 fully saturated rings. The number of thioether (sulfide) groups is 1. The van der Waals surface area contributed by atoms with Crippen LogP contribution in [-0.2, 0) is 9.63 Å². The molecule has 76 valence electrons. The molecule has 0 radical (unpaired) electrons. The molecular formula is C9H17NO2S. The van der Waals surface area contributed by atoms with Crippen molar-refractivity contribution >= 4 is 17.7 Å². The minimum atomic E-state index is 0.112. The second-order valence-corrected chi connectivity index (χ2v) is 4.80. The molecular weight excluding hydrogens is 186 g/mol. The third-order valence-electron chi connectivity index (χ3n) is 1.94. The van der Waals surface area contributed by atoms with Crippen molar-refractivity contribution < 1.29 is 9.63 Å². The van der Waals surface area contributed by atoms with Crippen LogP contribution in [0.3, 0.4) is 0 Å². The van der Waals surface area contributed by atoms with Crippen molar-refractivity contribution in [2.75, 3.05) is 12.4 Å². The van der Waals surface area contributed by atoms with Crippen LogP contribution in [0.5, 0.6) is 0 Å². The molecule has 1 amide bonds. The number of nitrogens with zero attached hydrogens (tertiary/aromatic N) is 1. The predicted octanol–water partition coefficient (Wildman–Crippen LogP) is 1.68. The maximum absolute atomic E-state index is 11.7. The fourth-order valence-electron chi connectivity index (χ4n) is 1.35. The summed E-state index contributed by atoms with van der Waals surface area (Å²) in [6.45, 7) is 6.68. The number of carbonyl (C=O) groups is 1. The molecule has 1 heterocycles. The molecule has 1 unspecified atom stereocenters. The molecule has 0 bridgehead atoms. The molecule has 0 aromatic heterocycles. The van der Waals surface area contributed by atoms with Gasteiger partial charge in [-0.1, -0.05) is 6.92 Å².